The number of rotatable bonds is 4. The lowest BCUT2D eigenvalue weighted by atomic mass is 10.2. The Morgan fingerprint density at radius 1 is 1.52 bits per heavy atom. The van der Waals surface area contributed by atoms with Crippen LogP contribution in [0.25, 0.3) is 6.08 Å². The van der Waals surface area contributed by atoms with Crippen molar-refractivity contribution in [2.75, 3.05) is 5.75 Å². The van der Waals surface area contributed by atoms with Crippen molar-refractivity contribution in [1.82, 2.24) is 10.2 Å². The lowest BCUT2D eigenvalue weighted by Gasteiger charge is -2.23. The van der Waals surface area contributed by atoms with E-state index in [4.69, 9.17) is 12.2 Å². The van der Waals surface area contributed by atoms with Gasteiger partial charge in [0.15, 0.2) is 9.84 Å². The van der Waals surface area contributed by atoms with Crippen molar-refractivity contribution in [3.05, 3.63) is 38.8 Å². The highest BCUT2D eigenvalue weighted by molar-refractivity contribution is 8.26. The first-order valence-corrected chi connectivity index (χ1v) is 11.1. The molecule has 25 heavy (non-hydrogen) atoms. The van der Waals surface area contributed by atoms with Gasteiger partial charge in [0.1, 0.15) is 10.4 Å². The van der Waals surface area contributed by atoms with E-state index >= 15 is 0 Å². The maximum absolute atomic E-state index is 12.6. The van der Waals surface area contributed by atoms with E-state index in [0.717, 1.165) is 22.0 Å². The molecule has 2 atom stereocenters. The van der Waals surface area contributed by atoms with E-state index in [2.05, 4.69) is 5.32 Å². The molecule has 1 N–H and O–H groups in total. The van der Waals surface area contributed by atoms with Gasteiger partial charge in [-0.2, -0.15) is 0 Å². The van der Waals surface area contributed by atoms with Crippen molar-refractivity contribution in [1.29, 1.82) is 0 Å². The Morgan fingerprint density at radius 3 is 2.88 bits per heavy atom. The summed E-state index contributed by atoms with van der Waals surface area (Å²) in [5.41, 5.74) is 0. The van der Waals surface area contributed by atoms with Crippen LogP contribution in [0, 0.1) is 0 Å². The molecular formula is C15H14N2O4S4. The number of amides is 2. The molecule has 0 spiro atoms. The molecular weight excluding hydrogens is 400 g/mol. The van der Waals surface area contributed by atoms with Gasteiger partial charge < -0.3 is 5.32 Å². The van der Waals surface area contributed by atoms with Gasteiger partial charge in [-0.1, -0.05) is 30.0 Å². The lowest BCUT2D eigenvalue weighted by Crippen LogP contribution is -2.49. The van der Waals surface area contributed by atoms with Gasteiger partial charge in [0.25, 0.3) is 5.91 Å². The van der Waals surface area contributed by atoms with Crippen molar-refractivity contribution in [2.24, 2.45) is 0 Å². The first-order valence-electron chi connectivity index (χ1n) is 7.29. The fourth-order valence-corrected chi connectivity index (χ4v) is 5.78. The predicted molar refractivity (Wildman–Crippen MR) is 104 cm³/mol. The summed E-state index contributed by atoms with van der Waals surface area (Å²) in [5, 5.41) is 5.63. The van der Waals surface area contributed by atoms with E-state index in [9.17, 15) is 18.0 Å². The zero-order valence-corrected chi connectivity index (χ0v) is 16.3. The van der Waals surface area contributed by atoms with Crippen molar-refractivity contribution in [2.45, 2.75) is 19.0 Å². The van der Waals surface area contributed by atoms with Crippen molar-refractivity contribution < 1.29 is 18.0 Å². The molecule has 132 valence electrons. The average molecular weight is 415 g/mol. The number of carbonyl (C=O) groups excluding carboxylic acids is 2. The van der Waals surface area contributed by atoms with Gasteiger partial charge in [0.05, 0.1) is 16.7 Å². The normalized spacial score (nSPS) is 24.9. The summed E-state index contributed by atoms with van der Waals surface area (Å²) in [4.78, 5) is 27.6. The van der Waals surface area contributed by atoms with Crippen LogP contribution in [0.4, 0.5) is 0 Å². The minimum Gasteiger partial charge on any atom is -0.347 e. The van der Waals surface area contributed by atoms with Crippen LogP contribution in [0.2, 0.25) is 0 Å². The van der Waals surface area contributed by atoms with Crippen LogP contribution in [-0.2, 0) is 19.4 Å². The number of hydrogen-bond donors (Lipinski definition) is 1. The molecule has 3 heterocycles. The standard InChI is InChI=1S/C15H14N2O4S4/c1-9(13(18)16-10-4-6-25(20,21)8-10)17-14(19)12(24-15(17)22)7-11-3-2-5-23-11/h2-7,9-10H,8H2,1H3,(H,16,18)/b12-7+/t9-,10-/m0/s1. The maximum Gasteiger partial charge on any atom is 0.266 e. The fraction of sp³-hybridized carbons (Fsp3) is 0.267. The highest BCUT2D eigenvalue weighted by atomic mass is 32.2. The minimum absolute atomic E-state index is 0.165. The molecule has 0 saturated carbocycles. The van der Waals surface area contributed by atoms with Crippen LogP contribution < -0.4 is 5.32 Å². The summed E-state index contributed by atoms with van der Waals surface area (Å²) < 4.78 is 23.1. The second kappa shape index (κ2) is 7.02. The predicted octanol–water partition coefficient (Wildman–Crippen LogP) is 1.76. The molecule has 2 aliphatic heterocycles. The van der Waals surface area contributed by atoms with Gasteiger partial charge in [-0.25, -0.2) is 8.42 Å². The molecule has 0 aromatic carbocycles. The Kier molecular flexibility index (Phi) is 5.14. The van der Waals surface area contributed by atoms with E-state index in [1.54, 1.807) is 13.0 Å². The zero-order chi connectivity index (χ0) is 18.2. The molecule has 6 nitrogen and oxygen atoms in total. The number of sulfone groups is 1. The molecule has 0 radical (unpaired) electrons. The van der Waals surface area contributed by atoms with Gasteiger partial charge in [0.2, 0.25) is 5.91 Å². The molecule has 3 rings (SSSR count). The third-order valence-corrected chi connectivity index (χ3v) is 7.21. The van der Waals surface area contributed by atoms with E-state index in [1.165, 1.54) is 22.3 Å². The molecule has 2 aliphatic rings. The monoisotopic (exact) mass is 414 g/mol. The maximum atomic E-state index is 12.6. The van der Waals surface area contributed by atoms with Crippen LogP contribution in [0.1, 0.15) is 11.8 Å². The molecule has 1 aromatic heterocycles. The van der Waals surface area contributed by atoms with Crippen LogP contribution in [0.3, 0.4) is 0 Å². The van der Waals surface area contributed by atoms with Gasteiger partial charge in [-0.15, -0.1) is 11.3 Å². The van der Waals surface area contributed by atoms with E-state index in [0.29, 0.717) is 9.23 Å². The zero-order valence-electron chi connectivity index (χ0n) is 13.0. The van der Waals surface area contributed by atoms with Crippen molar-refractivity contribution in [3.8, 4) is 0 Å². The van der Waals surface area contributed by atoms with Gasteiger partial charge >= 0.3 is 0 Å². The Balaban J connectivity index is 1.70. The number of thiocarbonyl (C=S) groups is 1. The third-order valence-electron chi connectivity index (χ3n) is 3.66. The van der Waals surface area contributed by atoms with E-state index in [-0.39, 0.29) is 11.7 Å². The quantitative estimate of drug-likeness (QED) is 0.597. The first-order chi connectivity index (χ1) is 11.8. The number of nitrogens with zero attached hydrogens (tertiary/aromatic N) is 1. The number of hydrogen-bond acceptors (Lipinski definition) is 7. The van der Waals surface area contributed by atoms with Crippen molar-refractivity contribution >= 4 is 67.4 Å². The summed E-state index contributed by atoms with van der Waals surface area (Å²) >= 11 is 7.90. The largest absolute Gasteiger partial charge is 0.347 e. The number of thiophene rings is 1. The van der Waals surface area contributed by atoms with E-state index in [1.807, 2.05) is 17.5 Å². The average Bonchev–Trinajstić information content (AvgIpc) is 3.21. The summed E-state index contributed by atoms with van der Waals surface area (Å²) in [7, 11) is -3.26. The summed E-state index contributed by atoms with van der Waals surface area (Å²) in [6, 6.07) is 2.37. The van der Waals surface area contributed by atoms with Crippen LogP contribution in [-0.4, -0.2) is 47.3 Å². The topological polar surface area (TPSA) is 83.6 Å². The summed E-state index contributed by atoms with van der Waals surface area (Å²) in [5.74, 6) is -0.927. The smallest absolute Gasteiger partial charge is 0.266 e. The molecule has 1 saturated heterocycles. The Bertz CT molecular complexity index is 887. The number of thioether (sulfide) groups is 1. The fourth-order valence-electron chi connectivity index (χ4n) is 2.40. The van der Waals surface area contributed by atoms with Crippen LogP contribution >= 0.6 is 35.3 Å². The van der Waals surface area contributed by atoms with Gasteiger partial charge in [-0.3, -0.25) is 14.5 Å². The van der Waals surface area contributed by atoms with Gasteiger partial charge in [0, 0.05) is 10.3 Å². The van der Waals surface area contributed by atoms with Crippen LogP contribution in [0.15, 0.2) is 33.9 Å². The molecule has 2 amide bonds. The minimum atomic E-state index is -3.26. The SMILES string of the molecule is C[C@@H](C(=O)N[C@H]1C=CS(=O)(=O)C1)N1C(=O)/C(=C\c2cccs2)SC1=S. The first kappa shape index (κ1) is 18.3. The molecule has 0 bridgehead atoms. The second-order valence-corrected chi connectivity index (χ2v) is 10.1. The Labute approximate surface area is 158 Å². The molecule has 1 aromatic rings. The third kappa shape index (κ3) is 4.02. The second-order valence-electron chi connectivity index (χ2n) is 5.52. The number of carbonyl (C=O) groups is 2. The Morgan fingerprint density at radius 2 is 2.28 bits per heavy atom. The highest BCUT2D eigenvalue weighted by Crippen LogP contribution is 2.34. The lowest BCUT2D eigenvalue weighted by molar-refractivity contribution is -0.132. The molecule has 0 unspecified atom stereocenters. The molecule has 1 fully saturated rings. The highest BCUT2D eigenvalue weighted by Gasteiger charge is 2.39. The molecule has 10 heteroatoms. The van der Waals surface area contributed by atoms with Crippen LogP contribution in [0.5, 0.6) is 0 Å². The summed E-state index contributed by atoms with van der Waals surface area (Å²) in [6.45, 7) is 1.57. The summed E-state index contributed by atoms with van der Waals surface area (Å²) in [6.07, 6.45) is 3.18. The van der Waals surface area contributed by atoms with E-state index < -0.39 is 27.8 Å². The number of nitrogens with one attached hydrogen (secondary N) is 1. The van der Waals surface area contributed by atoms with Gasteiger partial charge in [-0.05, 0) is 30.5 Å². The van der Waals surface area contributed by atoms with Crippen molar-refractivity contribution in [3.63, 3.8) is 0 Å². The molecule has 0 aliphatic carbocycles. The Hall–Kier alpha value is -1.49.